The van der Waals surface area contributed by atoms with E-state index in [1.54, 1.807) is 17.0 Å². The Morgan fingerprint density at radius 1 is 1.27 bits per heavy atom. The first-order valence-electron chi connectivity index (χ1n) is 9.91. The molecular weight excluding hydrogens is 425 g/mol. The lowest BCUT2D eigenvalue weighted by Crippen LogP contribution is -2.43. The summed E-state index contributed by atoms with van der Waals surface area (Å²) >= 11 is 7.68. The number of thiazole rings is 1. The molecule has 1 fully saturated rings. The minimum Gasteiger partial charge on any atom is -0.379 e. The highest BCUT2D eigenvalue weighted by molar-refractivity contribution is 7.22. The van der Waals surface area contributed by atoms with Gasteiger partial charge in [-0.2, -0.15) is 0 Å². The van der Waals surface area contributed by atoms with Gasteiger partial charge in [-0.05, 0) is 42.3 Å². The second-order valence-corrected chi connectivity index (χ2v) is 8.81. The van der Waals surface area contributed by atoms with Crippen molar-refractivity contribution in [1.82, 2.24) is 9.88 Å². The molecule has 0 saturated carbocycles. The number of halogens is 2. The van der Waals surface area contributed by atoms with Crippen LogP contribution in [0.5, 0.6) is 0 Å². The first-order valence-corrected chi connectivity index (χ1v) is 11.1. The summed E-state index contributed by atoms with van der Waals surface area (Å²) in [5, 5.41) is 1.32. The predicted octanol–water partition coefficient (Wildman–Crippen LogP) is 4.31. The van der Waals surface area contributed by atoms with Crippen molar-refractivity contribution in [2.24, 2.45) is 0 Å². The first-order chi connectivity index (χ1) is 14.5. The molecule has 0 N–H and O–H groups in total. The van der Waals surface area contributed by atoms with E-state index in [9.17, 15) is 9.18 Å². The number of rotatable bonds is 6. The minimum atomic E-state index is -0.311. The Bertz CT molecular complexity index is 1030. The number of hydrogen-bond acceptors (Lipinski definition) is 5. The van der Waals surface area contributed by atoms with Gasteiger partial charge in [0.25, 0.3) is 0 Å². The van der Waals surface area contributed by atoms with Gasteiger partial charge in [-0.15, -0.1) is 0 Å². The number of hydrogen-bond donors (Lipinski definition) is 0. The zero-order valence-electron chi connectivity index (χ0n) is 16.7. The number of aromatic nitrogens is 1. The van der Waals surface area contributed by atoms with Crippen molar-refractivity contribution >= 4 is 44.2 Å². The lowest BCUT2D eigenvalue weighted by molar-refractivity contribution is -0.118. The normalized spacial score (nSPS) is 14.9. The molecule has 1 amide bonds. The molecule has 0 atom stereocenters. The molecule has 0 radical (unpaired) electrons. The number of anilines is 1. The van der Waals surface area contributed by atoms with Gasteiger partial charge in [0.15, 0.2) is 5.13 Å². The summed E-state index contributed by atoms with van der Waals surface area (Å²) in [6.45, 7) is 6.38. The second kappa shape index (κ2) is 9.39. The molecule has 0 aliphatic carbocycles. The topological polar surface area (TPSA) is 45.7 Å². The molecule has 0 spiro atoms. The molecule has 8 heteroatoms. The number of nitrogens with zero attached hydrogens (tertiary/aromatic N) is 3. The Labute approximate surface area is 184 Å². The van der Waals surface area contributed by atoms with Crippen LogP contribution in [0.2, 0.25) is 5.02 Å². The largest absolute Gasteiger partial charge is 0.379 e. The van der Waals surface area contributed by atoms with Crippen LogP contribution in [0.3, 0.4) is 0 Å². The number of morpholine rings is 1. The maximum absolute atomic E-state index is 13.2. The number of aryl methyl sites for hydroxylation is 1. The molecule has 2 heterocycles. The summed E-state index contributed by atoms with van der Waals surface area (Å²) in [6, 6.07) is 9.82. The van der Waals surface area contributed by atoms with E-state index in [4.69, 9.17) is 21.3 Å². The lowest BCUT2D eigenvalue weighted by Gasteiger charge is -2.29. The molecule has 1 aromatic heterocycles. The molecule has 3 aromatic rings. The van der Waals surface area contributed by atoms with Crippen molar-refractivity contribution < 1.29 is 13.9 Å². The van der Waals surface area contributed by atoms with E-state index in [-0.39, 0.29) is 18.1 Å². The highest BCUT2D eigenvalue weighted by Gasteiger charge is 2.22. The summed E-state index contributed by atoms with van der Waals surface area (Å²) in [6.07, 6.45) is 0.194. The van der Waals surface area contributed by atoms with Gasteiger partial charge in [0.1, 0.15) is 5.82 Å². The van der Waals surface area contributed by atoms with Crippen molar-refractivity contribution in [3.8, 4) is 0 Å². The molecule has 0 unspecified atom stereocenters. The van der Waals surface area contributed by atoms with Gasteiger partial charge in [-0.25, -0.2) is 9.37 Å². The molecule has 5 nitrogen and oxygen atoms in total. The molecule has 1 aliphatic heterocycles. The van der Waals surface area contributed by atoms with Gasteiger partial charge in [0.2, 0.25) is 5.91 Å². The molecule has 1 saturated heterocycles. The molecule has 1 aliphatic rings. The predicted molar refractivity (Wildman–Crippen MR) is 119 cm³/mol. The third-order valence-corrected chi connectivity index (χ3v) is 6.43. The summed E-state index contributed by atoms with van der Waals surface area (Å²) in [7, 11) is 0. The maximum Gasteiger partial charge on any atom is 0.233 e. The van der Waals surface area contributed by atoms with Crippen LogP contribution in [-0.4, -0.2) is 55.2 Å². The second-order valence-electron chi connectivity index (χ2n) is 7.37. The van der Waals surface area contributed by atoms with Crippen molar-refractivity contribution in [2.75, 3.05) is 44.3 Å². The molecule has 4 rings (SSSR count). The van der Waals surface area contributed by atoms with Gasteiger partial charge in [-0.1, -0.05) is 35.1 Å². The van der Waals surface area contributed by atoms with E-state index >= 15 is 0 Å². The van der Waals surface area contributed by atoms with Crippen LogP contribution >= 0.6 is 22.9 Å². The Hall–Kier alpha value is -2.06. The highest BCUT2D eigenvalue weighted by atomic mass is 35.5. The summed E-state index contributed by atoms with van der Waals surface area (Å²) < 4.78 is 19.6. The van der Waals surface area contributed by atoms with E-state index in [0.29, 0.717) is 29.9 Å². The Morgan fingerprint density at radius 3 is 2.73 bits per heavy atom. The van der Waals surface area contributed by atoms with Crippen molar-refractivity contribution in [2.45, 2.75) is 13.3 Å². The minimum absolute atomic E-state index is 0.0577. The average molecular weight is 448 g/mol. The van der Waals surface area contributed by atoms with Crippen LogP contribution in [0, 0.1) is 12.7 Å². The van der Waals surface area contributed by atoms with E-state index in [1.807, 2.05) is 19.1 Å². The fourth-order valence-electron chi connectivity index (χ4n) is 3.52. The van der Waals surface area contributed by atoms with Crippen LogP contribution in [0.4, 0.5) is 9.52 Å². The van der Waals surface area contributed by atoms with E-state index in [2.05, 4.69) is 4.90 Å². The smallest absolute Gasteiger partial charge is 0.233 e. The van der Waals surface area contributed by atoms with Crippen molar-refractivity contribution in [1.29, 1.82) is 0 Å². The van der Waals surface area contributed by atoms with Crippen LogP contribution < -0.4 is 4.90 Å². The number of ether oxygens (including phenoxy) is 1. The summed E-state index contributed by atoms with van der Waals surface area (Å²) in [4.78, 5) is 22.0. The third kappa shape index (κ3) is 4.98. The summed E-state index contributed by atoms with van der Waals surface area (Å²) in [5.41, 5.74) is 2.63. The lowest BCUT2D eigenvalue weighted by atomic mass is 10.1. The SMILES string of the molecule is Cc1cc(Cl)cc2sc(N(CCN3CCOCC3)C(=O)Cc3ccc(F)cc3)nc12. The fourth-order valence-corrected chi connectivity index (χ4v) is 4.99. The van der Waals surface area contributed by atoms with Crippen molar-refractivity contribution in [3.63, 3.8) is 0 Å². The average Bonchev–Trinajstić information content (AvgIpc) is 3.14. The quantitative estimate of drug-likeness (QED) is 0.565. The maximum atomic E-state index is 13.2. The molecular formula is C22H23ClFN3O2S. The van der Waals surface area contributed by atoms with Crippen LogP contribution in [0.1, 0.15) is 11.1 Å². The van der Waals surface area contributed by atoms with E-state index in [1.165, 1.54) is 23.5 Å². The van der Waals surface area contributed by atoms with Gasteiger partial charge < -0.3 is 4.74 Å². The highest BCUT2D eigenvalue weighted by Crippen LogP contribution is 2.33. The van der Waals surface area contributed by atoms with Crippen LogP contribution in [0.15, 0.2) is 36.4 Å². The zero-order chi connectivity index (χ0) is 21.1. The number of fused-ring (bicyclic) bond motifs is 1. The van der Waals surface area contributed by atoms with E-state index in [0.717, 1.165) is 41.0 Å². The number of amides is 1. The molecule has 158 valence electrons. The van der Waals surface area contributed by atoms with Gasteiger partial charge in [0.05, 0.1) is 29.9 Å². The Morgan fingerprint density at radius 2 is 2.00 bits per heavy atom. The third-order valence-electron chi connectivity index (χ3n) is 5.18. The van der Waals surface area contributed by atoms with Gasteiger partial charge in [-0.3, -0.25) is 14.6 Å². The standard InChI is InChI=1S/C22H23ClFN3O2S/c1-15-12-17(23)14-19-21(15)25-22(30-19)27(7-6-26-8-10-29-11-9-26)20(28)13-16-2-4-18(24)5-3-16/h2-5,12,14H,6-11,13H2,1H3. The number of benzene rings is 2. The monoisotopic (exact) mass is 447 g/mol. The summed E-state index contributed by atoms with van der Waals surface area (Å²) in [5.74, 6) is -0.369. The fraction of sp³-hybridized carbons (Fsp3) is 0.364. The van der Waals surface area contributed by atoms with Crippen LogP contribution in [-0.2, 0) is 16.0 Å². The Kier molecular flexibility index (Phi) is 6.63. The van der Waals surface area contributed by atoms with Gasteiger partial charge in [0, 0.05) is 31.2 Å². The van der Waals surface area contributed by atoms with E-state index < -0.39 is 0 Å². The van der Waals surface area contributed by atoms with Crippen molar-refractivity contribution in [3.05, 3.63) is 58.4 Å². The number of carbonyl (C=O) groups excluding carboxylic acids is 1. The van der Waals surface area contributed by atoms with Gasteiger partial charge >= 0.3 is 0 Å². The molecule has 2 aromatic carbocycles. The first kappa shape index (κ1) is 21.2. The zero-order valence-corrected chi connectivity index (χ0v) is 18.3. The Balaban J connectivity index is 1.59. The molecule has 30 heavy (non-hydrogen) atoms. The molecule has 0 bridgehead atoms. The van der Waals surface area contributed by atoms with Crippen LogP contribution in [0.25, 0.3) is 10.2 Å². The number of carbonyl (C=O) groups is 1.